The van der Waals surface area contributed by atoms with Gasteiger partial charge in [-0.25, -0.2) is 5.10 Å². The second kappa shape index (κ2) is 10.0. The zero-order valence-corrected chi connectivity index (χ0v) is 19.4. The standard InChI is InChI=1S/C14H9N2.C12H8N3.Os/c1-2-5-12-10-13(8-7-11(12)4-1)14-6-3-9-15-16-14;1-2-4-10-9(3-1)5-7-13-12(10)11-6-8-14-15-11;/h1-7,9-10H;1-8H;/q2*-1;+2. The summed E-state index contributed by atoms with van der Waals surface area (Å²) in [6.45, 7) is 0. The van der Waals surface area contributed by atoms with E-state index >= 15 is 0 Å². The molecule has 0 saturated heterocycles. The Morgan fingerprint density at radius 2 is 1.53 bits per heavy atom. The summed E-state index contributed by atoms with van der Waals surface area (Å²) in [5.74, 6) is 0. The third-order valence-electron chi connectivity index (χ3n) is 4.91. The van der Waals surface area contributed by atoms with E-state index in [4.69, 9.17) is 0 Å². The van der Waals surface area contributed by atoms with Gasteiger partial charge in [0.15, 0.2) is 0 Å². The van der Waals surface area contributed by atoms with Crippen molar-refractivity contribution >= 4 is 21.5 Å². The molecule has 0 aliphatic rings. The molecule has 6 heteroatoms. The third-order valence-corrected chi connectivity index (χ3v) is 4.91. The summed E-state index contributed by atoms with van der Waals surface area (Å²) in [5, 5.41) is 20.5. The Labute approximate surface area is 198 Å². The van der Waals surface area contributed by atoms with Crippen molar-refractivity contribution in [3.63, 3.8) is 0 Å². The van der Waals surface area contributed by atoms with Gasteiger partial charge in [-0.3, -0.25) is 4.98 Å². The second-order valence-electron chi connectivity index (χ2n) is 6.88. The van der Waals surface area contributed by atoms with E-state index in [1.165, 1.54) is 16.2 Å². The molecule has 0 atom stereocenters. The molecular formula is C26H17N5Os. The summed E-state index contributed by atoms with van der Waals surface area (Å²) in [7, 11) is 0. The van der Waals surface area contributed by atoms with Crippen molar-refractivity contribution < 1.29 is 19.8 Å². The zero-order chi connectivity index (χ0) is 20.9. The molecule has 32 heavy (non-hydrogen) atoms. The smallest absolute Gasteiger partial charge is 0.574 e. The summed E-state index contributed by atoms with van der Waals surface area (Å²) in [5.41, 5.74) is 3.55. The molecule has 0 radical (unpaired) electrons. The molecule has 3 aromatic carbocycles. The van der Waals surface area contributed by atoms with E-state index in [-0.39, 0.29) is 19.8 Å². The number of hydrogen-bond acceptors (Lipinski definition) is 4. The van der Waals surface area contributed by atoms with Crippen LogP contribution < -0.4 is 5.10 Å². The normalized spacial score (nSPS) is 10.2. The van der Waals surface area contributed by atoms with E-state index in [1.54, 1.807) is 18.6 Å². The molecule has 0 N–H and O–H groups in total. The van der Waals surface area contributed by atoms with Gasteiger partial charge < -0.3 is 10.2 Å². The van der Waals surface area contributed by atoms with E-state index in [1.807, 2.05) is 60.7 Å². The molecule has 0 unspecified atom stereocenters. The van der Waals surface area contributed by atoms with Gasteiger partial charge in [0.05, 0.1) is 5.69 Å². The van der Waals surface area contributed by atoms with Crippen molar-refractivity contribution in [1.29, 1.82) is 0 Å². The Hall–Kier alpha value is -3.74. The van der Waals surface area contributed by atoms with Crippen LogP contribution >= 0.6 is 0 Å². The largest absolute Gasteiger partial charge is 2.00 e. The molecule has 6 aromatic rings. The van der Waals surface area contributed by atoms with Crippen molar-refractivity contribution in [2.45, 2.75) is 0 Å². The van der Waals surface area contributed by atoms with Crippen LogP contribution in [0.4, 0.5) is 0 Å². The maximum Gasteiger partial charge on any atom is 2.00 e. The predicted octanol–water partition coefficient (Wildman–Crippen LogP) is 5.35. The van der Waals surface area contributed by atoms with Gasteiger partial charge in [0.2, 0.25) is 0 Å². The molecule has 3 heterocycles. The van der Waals surface area contributed by atoms with Crippen LogP contribution in [0.25, 0.3) is 44.2 Å². The number of fused-ring (bicyclic) bond motifs is 2. The van der Waals surface area contributed by atoms with Gasteiger partial charge >= 0.3 is 19.8 Å². The number of benzene rings is 3. The molecule has 0 spiro atoms. The Bertz CT molecular complexity index is 1430. The molecule has 0 bridgehead atoms. The summed E-state index contributed by atoms with van der Waals surface area (Å²) in [4.78, 5) is 4.35. The molecule has 0 saturated carbocycles. The maximum atomic E-state index is 4.35. The van der Waals surface area contributed by atoms with Crippen molar-refractivity contribution in [3.8, 4) is 22.6 Å². The SMILES string of the molecule is [Os+2].[c-]1cc2ccccc2cc1-c1cccnn1.c1ccc2c(-c3ccn[n-]3)nccc2c1. The quantitative estimate of drug-likeness (QED) is 0.255. The Morgan fingerprint density at radius 1 is 0.719 bits per heavy atom. The van der Waals surface area contributed by atoms with Crippen LogP contribution in [-0.4, -0.2) is 20.3 Å². The fourth-order valence-corrected chi connectivity index (χ4v) is 3.40. The van der Waals surface area contributed by atoms with Crippen LogP contribution in [0, 0.1) is 6.07 Å². The minimum absolute atomic E-state index is 0. The van der Waals surface area contributed by atoms with Crippen LogP contribution in [0.15, 0.2) is 104 Å². The Morgan fingerprint density at radius 3 is 2.31 bits per heavy atom. The molecule has 154 valence electrons. The van der Waals surface area contributed by atoms with Gasteiger partial charge in [-0.2, -0.15) is 5.10 Å². The van der Waals surface area contributed by atoms with Crippen LogP contribution in [0.5, 0.6) is 0 Å². The van der Waals surface area contributed by atoms with Gasteiger partial charge in [-0.05, 0) is 17.5 Å². The number of pyridine rings is 1. The number of rotatable bonds is 2. The fraction of sp³-hybridized carbons (Fsp3) is 0. The van der Waals surface area contributed by atoms with Gasteiger partial charge in [-0.1, -0.05) is 71.7 Å². The van der Waals surface area contributed by atoms with E-state index in [0.717, 1.165) is 28.0 Å². The predicted molar refractivity (Wildman–Crippen MR) is 122 cm³/mol. The number of hydrogen-bond donors (Lipinski definition) is 0. The average molecular weight is 590 g/mol. The molecule has 0 amide bonds. The molecule has 0 aliphatic heterocycles. The van der Waals surface area contributed by atoms with Crippen molar-refractivity contribution in [2.24, 2.45) is 0 Å². The van der Waals surface area contributed by atoms with Crippen molar-refractivity contribution in [3.05, 3.63) is 110 Å². The molecule has 3 aromatic heterocycles. The zero-order valence-electron chi connectivity index (χ0n) is 16.9. The monoisotopic (exact) mass is 591 g/mol. The van der Waals surface area contributed by atoms with Gasteiger partial charge in [0.25, 0.3) is 0 Å². The van der Waals surface area contributed by atoms with Crippen LogP contribution in [0.1, 0.15) is 0 Å². The third kappa shape index (κ3) is 4.61. The molecule has 5 nitrogen and oxygen atoms in total. The molecular weight excluding hydrogens is 573 g/mol. The van der Waals surface area contributed by atoms with Gasteiger partial charge in [0, 0.05) is 29.7 Å². The first-order valence-electron chi connectivity index (χ1n) is 9.85. The first-order valence-corrected chi connectivity index (χ1v) is 9.85. The van der Waals surface area contributed by atoms with Crippen molar-refractivity contribution in [2.75, 3.05) is 0 Å². The summed E-state index contributed by atoms with van der Waals surface area (Å²) < 4.78 is 0. The molecule has 0 fully saturated rings. The van der Waals surface area contributed by atoms with E-state index in [2.05, 4.69) is 55.7 Å². The summed E-state index contributed by atoms with van der Waals surface area (Å²) >= 11 is 0. The van der Waals surface area contributed by atoms with Gasteiger partial charge in [0.1, 0.15) is 0 Å². The molecule has 0 aliphatic carbocycles. The minimum atomic E-state index is 0. The van der Waals surface area contributed by atoms with E-state index in [0.29, 0.717) is 0 Å². The fourth-order valence-electron chi connectivity index (χ4n) is 3.40. The van der Waals surface area contributed by atoms with Crippen LogP contribution in [-0.2, 0) is 19.8 Å². The Balaban J connectivity index is 0.000000149. The first-order chi connectivity index (χ1) is 15.4. The number of aromatic nitrogens is 5. The summed E-state index contributed by atoms with van der Waals surface area (Å²) in [6.07, 6.45) is 5.15. The first kappa shape index (κ1) is 21.5. The molecule has 6 rings (SSSR count). The minimum Gasteiger partial charge on any atom is -0.574 e. The van der Waals surface area contributed by atoms with Gasteiger partial charge in [-0.15, -0.1) is 29.1 Å². The van der Waals surface area contributed by atoms with Crippen LogP contribution in [0.2, 0.25) is 0 Å². The van der Waals surface area contributed by atoms with Crippen molar-refractivity contribution in [1.82, 2.24) is 25.4 Å². The Kier molecular flexibility index (Phi) is 6.74. The topological polar surface area (TPSA) is 65.7 Å². The van der Waals surface area contributed by atoms with E-state index in [9.17, 15) is 0 Å². The number of nitrogens with zero attached hydrogens (tertiary/aromatic N) is 5. The average Bonchev–Trinajstić information content (AvgIpc) is 3.39. The van der Waals surface area contributed by atoms with E-state index < -0.39 is 0 Å². The summed E-state index contributed by atoms with van der Waals surface area (Å²) in [6, 6.07) is 31.3. The second-order valence-corrected chi connectivity index (χ2v) is 6.88. The maximum absolute atomic E-state index is 4.35. The van der Waals surface area contributed by atoms with Crippen LogP contribution in [0.3, 0.4) is 0 Å².